The lowest BCUT2D eigenvalue weighted by molar-refractivity contribution is -0.116. The van der Waals surface area contributed by atoms with Gasteiger partial charge in [-0.05, 0) is 85.3 Å². The number of amides is 1. The summed E-state index contributed by atoms with van der Waals surface area (Å²) in [6, 6.07) is 16.9. The number of aryl methyl sites for hydroxylation is 3. The molecule has 6 rings (SSSR count). The number of carbonyl (C=O) groups is 1. The number of rotatable bonds is 9. The van der Waals surface area contributed by atoms with Crippen molar-refractivity contribution in [3.05, 3.63) is 94.8 Å². The van der Waals surface area contributed by atoms with Crippen LogP contribution < -0.4 is 10.1 Å². The lowest BCUT2D eigenvalue weighted by Gasteiger charge is -2.41. The molecule has 2 aromatic carbocycles. The topological polar surface area (TPSA) is 151 Å². The fourth-order valence-corrected chi connectivity index (χ4v) is 7.49. The summed E-state index contributed by atoms with van der Waals surface area (Å²) in [6.07, 6.45) is 3.69. The fourth-order valence-electron chi connectivity index (χ4n) is 5.92. The van der Waals surface area contributed by atoms with Crippen LogP contribution in [0.15, 0.2) is 71.9 Å². The molecule has 240 valence electrons. The largest absolute Gasteiger partial charge is 0.472 e. The van der Waals surface area contributed by atoms with Crippen molar-refractivity contribution in [3.8, 4) is 5.88 Å². The van der Waals surface area contributed by atoms with Gasteiger partial charge < -0.3 is 10.1 Å². The van der Waals surface area contributed by atoms with Gasteiger partial charge in [-0.25, -0.2) is 9.67 Å². The maximum Gasteiger partial charge on any atom is 0.239 e. The third-order valence-corrected chi connectivity index (χ3v) is 10.4. The van der Waals surface area contributed by atoms with Crippen LogP contribution in [0.4, 0.5) is 5.82 Å². The van der Waals surface area contributed by atoms with Crippen LogP contribution >= 0.6 is 10.8 Å². The molecule has 2 atom stereocenters. The Morgan fingerprint density at radius 3 is 2.67 bits per heavy atom. The van der Waals surface area contributed by atoms with Gasteiger partial charge in [0, 0.05) is 37.8 Å². The molecule has 1 aliphatic rings. The number of aromatic nitrogens is 6. The molecule has 46 heavy (non-hydrogen) atoms. The number of ether oxygens (including phenoxy) is 1. The lowest BCUT2D eigenvalue weighted by Crippen LogP contribution is -2.34. The van der Waals surface area contributed by atoms with Crippen LogP contribution in [0.25, 0.3) is 11.0 Å². The first-order valence-corrected chi connectivity index (χ1v) is 16.8. The van der Waals surface area contributed by atoms with E-state index in [9.17, 15) is 13.9 Å². The molecule has 0 aliphatic carbocycles. The zero-order chi connectivity index (χ0) is 32.4. The van der Waals surface area contributed by atoms with E-state index in [0.717, 1.165) is 38.9 Å². The minimum Gasteiger partial charge on any atom is -0.472 e. The molecule has 0 radical (unpaired) electrons. The second-order valence-corrected chi connectivity index (χ2v) is 13.4. The number of carbonyl (C=O) groups excluding carboxylic acids is 1. The van der Waals surface area contributed by atoms with Crippen molar-refractivity contribution >= 4 is 33.5 Å². The molecule has 1 amide bonds. The molecule has 12 nitrogen and oxygen atoms in total. The maximum absolute atomic E-state index is 13.5. The first-order valence-electron chi connectivity index (χ1n) is 15.3. The highest BCUT2D eigenvalue weighted by Gasteiger charge is 2.36. The Morgan fingerprint density at radius 2 is 1.91 bits per heavy atom. The van der Waals surface area contributed by atoms with E-state index in [4.69, 9.17) is 4.74 Å². The number of hydrogen-bond donors (Lipinski definition) is 3. The van der Waals surface area contributed by atoms with E-state index < -0.39 is 10.8 Å². The molecule has 0 bridgehead atoms. The van der Waals surface area contributed by atoms with Gasteiger partial charge in [0.15, 0.2) is 5.82 Å². The van der Waals surface area contributed by atoms with Crippen LogP contribution in [0.3, 0.4) is 0 Å². The number of nitrogens with zero attached hydrogens (tertiary/aromatic N) is 7. The van der Waals surface area contributed by atoms with Crippen molar-refractivity contribution in [2.75, 3.05) is 11.9 Å². The summed E-state index contributed by atoms with van der Waals surface area (Å²) in [4.78, 5) is 18.0. The zero-order valence-electron chi connectivity index (χ0n) is 26.3. The Kier molecular flexibility index (Phi) is 9.00. The van der Waals surface area contributed by atoms with Crippen molar-refractivity contribution in [1.82, 2.24) is 34.5 Å². The SMILES string of the molecule is CCC1CN(Cc2cc(C(CC(=O)Nc3cccnn3)c3ccc4c(nnn4CC)c3C)ccc2C)S(O)(O)c2cccnc2O1. The summed E-state index contributed by atoms with van der Waals surface area (Å²) in [6.45, 7) is 9.31. The molecule has 5 aromatic rings. The third kappa shape index (κ3) is 6.18. The molecule has 4 heterocycles. The molecular weight excluding hydrogens is 604 g/mol. The van der Waals surface area contributed by atoms with Gasteiger partial charge >= 0.3 is 0 Å². The summed E-state index contributed by atoms with van der Waals surface area (Å²) in [5, 5.41) is 19.5. The van der Waals surface area contributed by atoms with Crippen molar-refractivity contribution in [1.29, 1.82) is 0 Å². The third-order valence-electron chi connectivity index (χ3n) is 8.54. The number of pyridine rings is 1. The van der Waals surface area contributed by atoms with Gasteiger partial charge in [0.1, 0.15) is 16.5 Å². The van der Waals surface area contributed by atoms with Gasteiger partial charge in [0.25, 0.3) is 0 Å². The van der Waals surface area contributed by atoms with Gasteiger partial charge in [-0.2, -0.15) is 9.40 Å². The highest BCUT2D eigenvalue weighted by Crippen LogP contribution is 2.57. The van der Waals surface area contributed by atoms with Crippen molar-refractivity contribution in [2.24, 2.45) is 0 Å². The molecule has 0 saturated heterocycles. The van der Waals surface area contributed by atoms with Crippen molar-refractivity contribution in [3.63, 3.8) is 0 Å². The molecule has 2 unspecified atom stereocenters. The van der Waals surface area contributed by atoms with E-state index in [1.54, 1.807) is 41.0 Å². The monoisotopic (exact) mass is 642 g/mol. The molecule has 3 N–H and O–H groups in total. The number of anilines is 1. The van der Waals surface area contributed by atoms with Gasteiger partial charge in [-0.1, -0.05) is 36.4 Å². The molecule has 0 saturated carbocycles. The quantitative estimate of drug-likeness (QED) is 0.172. The van der Waals surface area contributed by atoms with E-state index in [2.05, 4.69) is 36.9 Å². The molecule has 3 aromatic heterocycles. The average Bonchev–Trinajstić information content (AvgIpc) is 3.45. The normalized spacial score (nSPS) is 17.5. The van der Waals surface area contributed by atoms with Gasteiger partial charge in [0.2, 0.25) is 11.8 Å². The Bertz CT molecular complexity index is 1870. The summed E-state index contributed by atoms with van der Waals surface area (Å²) in [5.41, 5.74) is 6.45. The molecule has 0 spiro atoms. The van der Waals surface area contributed by atoms with E-state index >= 15 is 0 Å². The predicted octanol–water partition coefficient (Wildman–Crippen LogP) is 6.11. The number of benzene rings is 2. The van der Waals surface area contributed by atoms with Crippen LogP contribution in [-0.4, -0.2) is 62.1 Å². The van der Waals surface area contributed by atoms with Crippen LogP contribution in [0, 0.1) is 13.8 Å². The average molecular weight is 643 g/mol. The molecule has 0 fully saturated rings. The van der Waals surface area contributed by atoms with E-state index in [1.165, 1.54) is 0 Å². The predicted molar refractivity (Wildman–Crippen MR) is 177 cm³/mol. The Hall–Kier alpha value is -4.43. The Balaban J connectivity index is 1.39. The second-order valence-electron chi connectivity index (χ2n) is 11.4. The standard InChI is InChI=1S/C33H38N8O4S/c1-5-25-20-40(46(43,44)29-9-7-15-34-33(29)45-25)19-24-17-23(12-11-21(24)3)27(18-31(42)36-30-10-8-16-35-37-30)26-13-14-28-32(22(26)4)38-39-41(28)6-2/h7-17,25,27,43-44H,5-6,18-20H2,1-4H3,(H,36,37,42). The minimum absolute atomic E-state index is 0.136. The first kappa shape index (κ1) is 31.5. The minimum atomic E-state index is -3.40. The highest BCUT2D eigenvalue weighted by atomic mass is 32.3. The Labute approximate surface area is 269 Å². The molecule has 13 heteroatoms. The van der Waals surface area contributed by atoms with Gasteiger partial charge in [-0.3, -0.25) is 13.9 Å². The molecular formula is C33H38N8O4S. The van der Waals surface area contributed by atoms with Crippen molar-refractivity contribution in [2.45, 2.75) is 70.5 Å². The summed E-state index contributed by atoms with van der Waals surface area (Å²) < 4.78 is 32.8. The highest BCUT2D eigenvalue weighted by molar-refractivity contribution is 8.22. The number of fused-ring (bicyclic) bond motifs is 2. The lowest BCUT2D eigenvalue weighted by atomic mass is 9.84. The number of hydrogen-bond acceptors (Lipinski definition) is 10. The first-order chi connectivity index (χ1) is 22.2. The smallest absolute Gasteiger partial charge is 0.239 e. The second kappa shape index (κ2) is 13.1. The van der Waals surface area contributed by atoms with E-state index in [0.29, 0.717) is 25.3 Å². The summed E-state index contributed by atoms with van der Waals surface area (Å²) in [5.74, 6) is 0.0801. The van der Waals surface area contributed by atoms with Gasteiger partial charge in [-0.15, -0.1) is 21.0 Å². The van der Waals surface area contributed by atoms with E-state index in [1.807, 2.05) is 56.6 Å². The van der Waals surface area contributed by atoms with Crippen molar-refractivity contribution < 1.29 is 18.6 Å². The summed E-state index contributed by atoms with van der Waals surface area (Å²) in [7, 11) is -3.40. The van der Waals surface area contributed by atoms with E-state index in [-0.39, 0.29) is 41.7 Å². The van der Waals surface area contributed by atoms with Crippen LogP contribution in [0.1, 0.15) is 60.4 Å². The zero-order valence-corrected chi connectivity index (χ0v) is 27.1. The van der Waals surface area contributed by atoms with Crippen LogP contribution in [0.2, 0.25) is 0 Å². The van der Waals surface area contributed by atoms with Crippen LogP contribution in [0.5, 0.6) is 5.88 Å². The fraction of sp³-hybridized carbons (Fsp3) is 0.333. The molecule has 1 aliphatic heterocycles. The summed E-state index contributed by atoms with van der Waals surface area (Å²) >= 11 is 0. The number of nitrogens with one attached hydrogen (secondary N) is 1. The maximum atomic E-state index is 13.5. The van der Waals surface area contributed by atoms with Gasteiger partial charge in [0.05, 0.1) is 12.1 Å². The Morgan fingerprint density at radius 1 is 1.09 bits per heavy atom. The van der Waals surface area contributed by atoms with Crippen LogP contribution in [-0.2, 0) is 17.9 Å².